The van der Waals surface area contributed by atoms with Gasteiger partial charge in [-0.3, -0.25) is 14.6 Å². The van der Waals surface area contributed by atoms with Gasteiger partial charge < -0.3 is 20.5 Å². The molecule has 0 saturated heterocycles. The van der Waals surface area contributed by atoms with Crippen molar-refractivity contribution in [2.75, 3.05) is 6.61 Å². The zero-order valence-electron chi connectivity index (χ0n) is 16.9. The Morgan fingerprint density at radius 3 is 2.57 bits per heavy atom. The molecule has 2 aromatic rings. The van der Waals surface area contributed by atoms with Crippen LogP contribution in [0.1, 0.15) is 30.6 Å². The van der Waals surface area contributed by atoms with Crippen molar-refractivity contribution in [3.8, 4) is 0 Å². The van der Waals surface area contributed by atoms with Crippen LogP contribution >= 0.6 is 0 Å². The van der Waals surface area contributed by atoms with Crippen molar-refractivity contribution in [3.05, 3.63) is 78.1 Å². The third-order valence-corrected chi connectivity index (χ3v) is 4.92. The molecule has 0 radical (unpaired) electrons. The first-order valence-electron chi connectivity index (χ1n) is 10.0. The second-order valence-electron chi connectivity index (χ2n) is 7.28. The van der Waals surface area contributed by atoms with Crippen LogP contribution in [0.2, 0.25) is 0 Å². The number of carbonyl (C=O) groups excluding carboxylic acids is 2. The summed E-state index contributed by atoms with van der Waals surface area (Å²) in [7, 11) is 0. The van der Waals surface area contributed by atoms with Crippen LogP contribution in [0.15, 0.2) is 66.9 Å². The summed E-state index contributed by atoms with van der Waals surface area (Å²) in [5.41, 5.74) is 1.69. The van der Waals surface area contributed by atoms with Gasteiger partial charge in [0.25, 0.3) is 0 Å². The molecule has 0 fully saturated rings. The Labute approximate surface area is 176 Å². The topological polar surface area (TPSA) is 101 Å². The Bertz CT molecular complexity index is 857. The number of nitrogens with one attached hydrogen (secondary N) is 2. The maximum Gasteiger partial charge on any atom is 0.226 e. The first-order valence-corrected chi connectivity index (χ1v) is 10.0. The Kier molecular flexibility index (Phi) is 7.70. The number of aliphatic hydroxyl groups is 1. The molecule has 2 heterocycles. The summed E-state index contributed by atoms with van der Waals surface area (Å²) in [6, 6.07) is 14.5. The Morgan fingerprint density at radius 1 is 1.10 bits per heavy atom. The minimum Gasteiger partial charge on any atom is -0.394 e. The number of rotatable bonds is 8. The van der Waals surface area contributed by atoms with Crippen LogP contribution in [0, 0.1) is 0 Å². The molecule has 0 unspecified atom stereocenters. The molecular weight excluding hydrogens is 382 g/mol. The van der Waals surface area contributed by atoms with E-state index in [9.17, 15) is 14.7 Å². The molecule has 7 heteroatoms. The van der Waals surface area contributed by atoms with Crippen molar-refractivity contribution in [2.45, 2.75) is 44.1 Å². The second-order valence-corrected chi connectivity index (χ2v) is 7.28. The van der Waals surface area contributed by atoms with E-state index in [-0.39, 0.29) is 37.3 Å². The molecule has 0 spiro atoms. The fraction of sp³-hybridized carbons (Fsp3) is 0.348. The first-order chi connectivity index (χ1) is 14.5. The fourth-order valence-electron chi connectivity index (χ4n) is 3.35. The number of nitrogens with zero attached hydrogens (tertiary/aromatic N) is 1. The highest BCUT2D eigenvalue weighted by atomic mass is 16.5. The van der Waals surface area contributed by atoms with E-state index in [2.05, 4.69) is 15.6 Å². The number of benzene rings is 1. The molecule has 1 aliphatic rings. The van der Waals surface area contributed by atoms with Crippen molar-refractivity contribution in [1.82, 2.24) is 15.6 Å². The highest BCUT2D eigenvalue weighted by molar-refractivity contribution is 5.79. The average Bonchev–Trinajstić information content (AvgIpc) is 2.76. The molecule has 7 nitrogen and oxygen atoms in total. The standard InChI is InChI=1S/C23H27N3O4/c1-16(17-7-3-2-4-8-17)25-23(29)14-19-10-11-20(21(15-27)30-19)26-22(28)13-18-9-5-6-12-24-18/h2-12,16,19-21,27H,13-15H2,1H3,(H,25,29)(H,26,28)/t16-,19+,20+,21+/m0/s1. The predicted octanol–water partition coefficient (Wildman–Crippen LogP) is 1.69. The van der Waals surface area contributed by atoms with Gasteiger partial charge in [-0.2, -0.15) is 0 Å². The number of aliphatic hydroxyl groups excluding tert-OH is 1. The number of ether oxygens (including phenoxy) is 1. The van der Waals surface area contributed by atoms with Crippen molar-refractivity contribution in [1.29, 1.82) is 0 Å². The van der Waals surface area contributed by atoms with Crippen molar-refractivity contribution >= 4 is 11.8 Å². The SMILES string of the molecule is C[C@H](NC(=O)C[C@H]1C=C[C@@H](NC(=O)Cc2ccccn2)[C@@H](CO)O1)c1ccccc1. The summed E-state index contributed by atoms with van der Waals surface area (Å²) < 4.78 is 5.83. The van der Waals surface area contributed by atoms with E-state index in [1.54, 1.807) is 30.5 Å². The Morgan fingerprint density at radius 2 is 1.87 bits per heavy atom. The van der Waals surface area contributed by atoms with Crippen molar-refractivity contribution in [2.24, 2.45) is 0 Å². The molecule has 2 amide bonds. The van der Waals surface area contributed by atoms with E-state index in [4.69, 9.17) is 4.74 Å². The van der Waals surface area contributed by atoms with Crippen LogP contribution in [0.5, 0.6) is 0 Å². The van der Waals surface area contributed by atoms with Crippen LogP contribution in [-0.4, -0.2) is 46.8 Å². The summed E-state index contributed by atoms with van der Waals surface area (Å²) in [4.78, 5) is 28.8. The highest BCUT2D eigenvalue weighted by Gasteiger charge is 2.29. The van der Waals surface area contributed by atoms with Crippen LogP contribution in [0.4, 0.5) is 0 Å². The lowest BCUT2D eigenvalue weighted by atomic mass is 10.0. The molecule has 158 valence electrons. The monoisotopic (exact) mass is 409 g/mol. The van der Waals surface area contributed by atoms with Crippen LogP contribution < -0.4 is 10.6 Å². The van der Waals surface area contributed by atoms with Gasteiger partial charge in [0.15, 0.2) is 0 Å². The molecule has 3 rings (SSSR count). The van der Waals surface area contributed by atoms with Crippen LogP contribution in [0.25, 0.3) is 0 Å². The van der Waals surface area contributed by atoms with E-state index in [0.717, 1.165) is 5.56 Å². The molecule has 0 aliphatic carbocycles. The van der Waals surface area contributed by atoms with Gasteiger partial charge in [-0.15, -0.1) is 0 Å². The molecule has 1 aliphatic heterocycles. The average molecular weight is 409 g/mol. The van der Waals surface area contributed by atoms with Gasteiger partial charge >= 0.3 is 0 Å². The number of hydrogen-bond donors (Lipinski definition) is 3. The van der Waals surface area contributed by atoms with Crippen LogP contribution in [0.3, 0.4) is 0 Å². The summed E-state index contributed by atoms with van der Waals surface area (Å²) in [6.45, 7) is 1.66. The lowest BCUT2D eigenvalue weighted by Gasteiger charge is -2.31. The maximum absolute atomic E-state index is 12.4. The third kappa shape index (κ3) is 6.23. The molecule has 0 bridgehead atoms. The first kappa shape index (κ1) is 21.7. The lowest BCUT2D eigenvalue weighted by molar-refractivity contribution is -0.128. The number of hydrogen-bond acceptors (Lipinski definition) is 5. The van der Waals surface area contributed by atoms with E-state index in [0.29, 0.717) is 5.69 Å². The van der Waals surface area contributed by atoms with Gasteiger partial charge in [-0.1, -0.05) is 48.6 Å². The van der Waals surface area contributed by atoms with Gasteiger partial charge in [0, 0.05) is 11.9 Å². The minimum atomic E-state index is -0.618. The largest absolute Gasteiger partial charge is 0.394 e. The smallest absolute Gasteiger partial charge is 0.226 e. The molecule has 0 saturated carbocycles. The van der Waals surface area contributed by atoms with E-state index < -0.39 is 18.2 Å². The van der Waals surface area contributed by atoms with E-state index in [1.165, 1.54) is 0 Å². The molecule has 30 heavy (non-hydrogen) atoms. The fourth-order valence-corrected chi connectivity index (χ4v) is 3.35. The number of carbonyl (C=O) groups is 2. The van der Waals surface area contributed by atoms with Gasteiger partial charge in [0.1, 0.15) is 6.10 Å². The quantitative estimate of drug-likeness (QED) is 0.576. The van der Waals surface area contributed by atoms with E-state index in [1.807, 2.05) is 43.3 Å². The summed E-state index contributed by atoms with van der Waals surface area (Å²) >= 11 is 0. The number of amides is 2. The Hall–Kier alpha value is -3.03. The van der Waals surface area contributed by atoms with Crippen LogP contribution in [-0.2, 0) is 20.7 Å². The zero-order valence-corrected chi connectivity index (χ0v) is 16.9. The molecule has 3 N–H and O–H groups in total. The summed E-state index contributed by atoms with van der Waals surface area (Å²) in [5.74, 6) is -0.353. The van der Waals surface area contributed by atoms with Crippen molar-refractivity contribution in [3.63, 3.8) is 0 Å². The number of pyridine rings is 1. The van der Waals surface area contributed by atoms with Gasteiger partial charge in [-0.05, 0) is 24.6 Å². The Balaban J connectivity index is 1.51. The maximum atomic E-state index is 12.4. The van der Waals surface area contributed by atoms with Gasteiger partial charge in [0.05, 0.1) is 37.6 Å². The summed E-state index contributed by atoms with van der Waals surface area (Å²) in [6.07, 6.45) is 4.37. The zero-order chi connectivity index (χ0) is 21.3. The molecule has 4 atom stereocenters. The molecule has 1 aromatic heterocycles. The number of aromatic nitrogens is 1. The predicted molar refractivity (Wildman–Crippen MR) is 112 cm³/mol. The normalized spacial score (nSPS) is 21.6. The molecule has 1 aromatic carbocycles. The third-order valence-electron chi connectivity index (χ3n) is 4.92. The minimum absolute atomic E-state index is 0.112. The molecular formula is C23H27N3O4. The highest BCUT2D eigenvalue weighted by Crippen LogP contribution is 2.17. The second kappa shape index (κ2) is 10.7. The van der Waals surface area contributed by atoms with Gasteiger partial charge in [-0.25, -0.2) is 0 Å². The van der Waals surface area contributed by atoms with E-state index >= 15 is 0 Å². The summed E-state index contributed by atoms with van der Waals surface area (Å²) in [5, 5.41) is 15.5. The lowest BCUT2D eigenvalue weighted by Crippen LogP contribution is -2.49. The van der Waals surface area contributed by atoms with Gasteiger partial charge in [0.2, 0.25) is 11.8 Å². The van der Waals surface area contributed by atoms with Crippen molar-refractivity contribution < 1.29 is 19.4 Å².